The summed E-state index contributed by atoms with van der Waals surface area (Å²) in [6.07, 6.45) is 9.26. The second-order valence-electron chi connectivity index (χ2n) is 8.28. The third-order valence-electron chi connectivity index (χ3n) is 6.66. The fraction of sp³-hybridized carbons (Fsp3) is 0.895. The quantitative estimate of drug-likeness (QED) is 0.768. The molecule has 0 radical (unpaired) electrons. The average molecular weight is 308 g/mol. The Morgan fingerprint density at radius 3 is 2.59 bits per heavy atom. The number of allylic oxidation sites excluding steroid dienone is 1. The van der Waals surface area contributed by atoms with E-state index in [2.05, 4.69) is 32.9 Å². The van der Waals surface area contributed by atoms with E-state index in [1.54, 1.807) is 0 Å². The molecule has 0 spiro atoms. The third-order valence-corrected chi connectivity index (χ3v) is 6.66. The zero-order valence-electron chi connectivity index (χ0n) is 14.2. The highest BCUT2D eigenvalue weighted by Crippen LogP contribution is 2.54. The lowest BCUT2D eigenvalue weighted by Gasteiger charge is -2.47. The zero-order chi connectivity index (χ0) is 15.9. The first kappa shape index (κ1) is 16.5. The van der Waals surface area contributed by atoms with Crippen molar-refractivity contribution in [3.05, 3.63) is 12.2 Å². The summed E-state index contributed by atoms with van der Waals surface area (Å²) in [5.41, 5.74) is -0.553. The first-order chi connectivity index (χ1) is 10.5. The van der Waals surface area contributed by atoms with Gasteiger partial charge in [0.15, 0.2) is 0 Å². The molecular weight excluding hydrogens is 276 g/mol. The van der Waals surface area contributed by atoms with Gasteiger partial charge in [-0.25, -0.2) is 0 Å². The molecule has 0 unspecified atom stereocenters. The molecule has 3 rings (SSSR count). The minimum Gasteiger partial charge on any atom is -0.396 e. The smallest absolute Gasteiger partial charge is 0.103 e. The zero-order valence-corrected chi connectivity index (χ0v) is 14.2. The predicted molar refractivity (Wildman–Crippen MR) is 87.3 cm³/mol. The molecule has 0 amide bonds. The molecule has 2 fully saturated rings. The van der Waals surface area contributed by atoms with Gasteiger partial charge in [-0.2, -0.15) is 0 Å². The second-order valence-corrected chi connectivity index (χ2v) is 8.28. The highest BCUT2D eigenvalue weighted by molar-refractivity contribution is 5.21. The molecule has 2 N–H and O–H groups in total. The summed E-state index contributed by atoms with van der Waals surface area (Å²) >= 11 is 0. The first-order valence-corrected chi connectivity index (χ1v) is 9.09. The lowest BCUT2D eigenvalue weighted by atomic mass is 9.73. The molecular formula is C19H32O3. The van der Waals surface area contributed by atoms with E-state index in [0.29, 0.717) is 23.7 Å². The summed E-state index contributed by atoms with van der Waals surface area (Å²) in [5.74, 6) is 2.57. The van der Waals surface area contributed by atoms with E-state index in [4.69, 9.17) is 4.74 Å². The van der Waals surface area contributed by atoms with Crippen LogP contribution in [0.4, 0.5) is 0 Å². The number of rotatable bonds is 5. The molecule has 0 aromatic heterocycles. The molecule has 0 aromatic rings. The molecule has 0 heterocycles. The Morgan fingerprint density at radius 1 is 1.18 bits per heavy atom. The molecule has 0 aliphatic heterocycles. The van der Waals surface area contributed by atoms with E-state index in [1.807, 2.05) is 0 Å². The van der Waals surface area contributed by atoms with Crippen LogP contribution in [-0.4, -0.2) is 35.1 Å². The van der Waals surface area contributed by atoms with Crippen LogP contribution in [0.25, 0.3) is 0 Å². The van der Waals surface area contributed by atoms with Gasteiger partial charge in [0.1, 0.15) is 5.60 Å². The number of hydrogen-bond acceptors (Lipinski definition) is 3. The van der Waals surface area contributed by atoms with Crippen LogP contribution in [0.5, 0.6) is 0 Å². The summed E-state index contributed by atoms with van der Waals surface area (Å²) in [6, 6.07) is 0. The van der Waals surface area contributed by atoms with Crippen molar-refractivity contribution < 1.29 is 14.9 Å². The largest absolute Gasteiger partial charge is 0.396 e. The van der Waals surface area contributed by atoms with Crippen LogP contribution in [0.3, 0.4) is 0 Å². The molecule has 2 bridgehead atoms. The molecule has 2 saturated carbocycles. The second kappa shape index (κ2) is 6.26. The van der Waals surface area contributed by atoms with Gasteiger partial charge in [-0.3, -0.25) is 0 Å². The molecule has 0 saturated heterocycles. The molecule has 3 aliphatic carbocycles. The van der Waals surface area contributed by atoms with Crippen molar-refractivity contribution in [2.75, 3.05) is 13.2 Å². The average Bonchev–Trinajstić information content (AvgIpc) is 3.06. The monoisotopic (exact) mass is 308 g/mol. The number of hydrogen-bond donors (Lipinski definition) is 2. The van der Waals surface area contributed by atoms with Crippen LogP contribution in [-0.2, 0) is 4.74 Å². The lowest BCUT2D eigenvalue weighted by molar-refractivity contribution is -0.194. The Hall–Kier alpha value is -0.380. The number of aliphatic hydroxyl groups excluding tert-OH is 2. The van der Waals surface area contributed by atoms with Crippen molar-refractivity contribution in [1.82, 2.24) is 0 Å². The Kier molecular flexibility index (Phi) is 4.69. The van der Waals surface area contributed by atoms with E-state index in [1.165, 1.54) is 12.8 Å². The summed E-state index contributed by atoms with van der Waals surface area (Å²) in [5, 5.41) is 20.1. The molecule has 3 heteroatoms. The van der Waals surface area contributed by atoms with Gasteiger partial charge in [0, 0.05) is 18.4 Å². The standard InChI is InChI=1S/C19H32O3/c1-12(2)16-7-4-13(3)8-18(16)22-19(11-21)15-6-5-14(9-15)17(19)10-20/h5-6,12-18,20-21H,4,7-11H2,1-3H3/t13-,14-,15+,16+,17+,18-,19-/m1/s1. The highest BCUT2D eigenvalue weighted by atomic mass is 16.5. The summed E-state index contributed by atoms with van der Waals surface area (Å²) in [4.78, 5) is 0. The van der Waals surface area contributed by atoms with Crippen LogP contribution in [0, 0.1) is 35.5 Å². The SMILES string of the molecule is CC(C)[C@@H]1CC[C@@H](C)C[C@H]1O[C@]1(CO)[C@H]2C=C[C@H](C2)[C@@H]1CO. The van der Waals surface area contributed by atoms with Crippen molar-refractivity contribution in [3.63, 3.8) is 0 Å². The molecule has 3 nitrogen and oxygen atoms in total. The third kappa shape index (κ3) is 2.55. The predicted octanol–water partition coefficient (Wildman–Crippen LogP) is 3.01. The maximum Gasteiger partial charge on any atom is 0.103 e. The molecule has 7 atom stereocenters. The van der Waals surface area contributed by atoms with Crippen LogP contribution in [0.1, 0.15) is 46.5 Å². The van der Waals surface area contributed by atoms with Crippen LogP contribution < -0.4 is 0 Å². The van der Waals surface area contributed by atoms with Gasteiger partial charge in [-0.15, -0.1) is 0 Å². The van der Waals surface area contributed by atoms with Gasteiger partial charge < -0.3 is 14.9 Å². The van der Waals surface area contributed by atoms with Crippen LogP contribution in [0.15, 0.2) is 12.2 Å². The van der Waals surface area contributed by atoms with E-state index in [0.717, 1.165) is 12.8 Å². The van der Waals surface area contributed by atoms with Gasteiger partial charge in [0.25, 0.3) is 0 Å². The Balaban J connectivity index is 1.83. The fourth-order valence-corrected chi connectivity index (χ4v) is 5.29. The fourth-order valence-electron chi connectivity index (χ4n) is 5.29. The van der Waals surface area contributed by atoms with Gasteiger partial charge in [-0.05, 0) is 42.9 Å². The number of fused-ring (bicyclic) bond motifs is 2. The molecule has 0 aromatic carbocycles. The van der Waals surface area contributed by atoms with Crippen LogP contribution in [0.2, 0.25) is 0 Å². The minimum atomic E-state index is -0.553. The van der Waals surface area contributed by atoms with Crippen molar-refractivity contribution in [1.29, 1.82) is 0 Å². The van der Waals surface area contributed by atoms with Gasteiger partial charge in [0.05, 0.1) is 12.7 Å². The summed E-state index contributed by atoms with van der Waals surface area (Å²) in [6.45, 7) is 7.02. The first-order valence-electron chi connectivity index (χ1n) is 9.09. The lowest BCUT2D eigenvalue weighted by Crippen LogP contribution is -2.53. The van der Waals surface area contributed by atoms with Crippen LogP contribution >= 0.6 is 0 Å². The topological polar surface area (TPSA) is 49.7 Å². The summed E-state index contributed by atoms with van der Waals surface area (Å²) in [7, 11) is 0. The van der Waals surface area contributed by atoms with Crippen molar-refractivity contribution in [2.45, 2.75) is 58.2 Å². The van der Waals surface area contributed by atoms with Crippen molar-refractivity contribution >= 4 is 0 Å². The van der Waals surface area contributed by atoms with Gasteiger partial charge in [-0.1, -0.05) is 39.3 Å². The Morgan fingerprint density at radius 2 is 1.95 bits per heavy atom. The maximum atomic E-state index is 10.2. The molecule has 3 aliphatic rings. The Labute approximate surface area is 134 Å². The number of aliphatic hydroxyl groups is 2. The number of ether oxygens (including phenoxy) is 1. The molecule has 126 valence electrons. The van der Waals surface area contributed by atoms with E-state index in [-0.39, 0.29) is 31.2 Å². The highest BCUT2D eigenvalue weighted by Gasteiger charge is 2.58. The van der Waals surface area contributed by atoms with E-state index in [9.17, 15) is 10.2 Å². The summed E-state index contributed by atoms with van der Waals surface area (Å²) < 4.78 is 6.71. The Bertz CT molecular complexity index is 419. The minimum absolute atomic E-state index is 0.0272. The van der Waals surface area contributed by atoms with Gasteiger partial charge in [0.2, 0.25) is 0 Å². The molecule has 22 heavy (non-hydrogen) atoms. The van der Waals surface area contributed by atoms with Gasteiger partial charge >= 0.3 is 0 Å². The van der Waals surface area contributed by atoms with E-state index >= 15 is 0 Å². The van der Waals surface area contributed by atoms with Crippen molar-refractivity contribution in [3.8, 4) is 0 Å². The van der Waals surface area contributed by atoms with Crippen molar-refractivity contribution in [2.24, 2.45) is 35.5 Å². The normalized spacial score (nSPS) is 47.5. The van der Waals surface area contributed by atoms with E-state index < -0.39 is 5.60 Å². The maximum absolute atomic E-state index is 10.2.